The van der Waals surface area contributed by atoms with Gasteiger partial charge < -0.3 is 10.4 Å². The van der Waals surface area contributed by atoms with Crippen LogP contribution in [0, 0.1) is 23.2 Å². The van der Waals surface area contributed by atoms with Crippen LogP contribution in [-0.4, -0.2) is 21.8 Å². The Morgan fingerprint density at radius 1 is 1.43 bits per heavy atom. The molecule has 0 aliphatic heterocycles. The maximum Gasteiger partial charge on any atom is 0.0665 e. The second kappa shape index (κ2) is 2.72. The number of hydrogen-bond donors (Lipinski definition) is 2. The van der Waals surface area contributed by atoms with Gasteiger partial charge in [-0.1, -0.05) is 24.2 Å². The van der Waals surface area contributed by atoms with Gasteiger partial charge in [-0.05, 0) is 30.6 Å². The Morgan fingerprint density at radius 3 is 2.57 bits per heavy atom. The van der Waals surface area contributed by atoms with Crippen LogP contribution in [0.25, 0.3) is 0 Å². The summed E-state index contributed by atoms with van der Waals surface area (Å²) in [5, 5.41) is 24.2. The predicted octanol–water partition coefficient (Wildman–Crippen LogP) is 1.96. The average Bonchev–Trinajstić information content (AvgIpc) is 2.57. The summed E-state index contributed by atoms with van der Waals surface area (Å²) in [6.07, 6.45) is 0.839. The van der Waals surface area contributed by atoms with Crippen LogP contribution in [0.5, 0.6) is 0 Å². The molecule has 0 saturated heterocycles. The summed E-state index contributed by atoms with van der Waals surface area (Å²) in [7, 11) is 0. The molecule has 0 amide bonds. The molecule has 4 nitrogen and oxygen atoms in total. The molecule has 2 N–H and O–H groups in total. The molecule has 3 atom stereocenters. The van der Waals surface area contributed by atoms with Crippen molar-refractivity contribution in [3.63, 3.8) is 0 Å². The Hall–Kier alpha value is -1.06. The van der Waals surface area contributed by atoms with E-state index in [-0.39, 0.29) is 5.92 Å². The summed E-state index contributed by atoms with van der Waals surface area (Å²) in [4.78, 5) is 0. The second-order valence-corrected chi connectivity index (χ2v) is 4.97. The van der Waals surface area contributed by atoms with Crippen molar-refractivity contribution in [1.82, 2.24) is 0 Å². The largest absolute Gasteiger partial charge is 0.411 e. The molecule has 0 aromatic heterocycles. The van der Waals surface area contributed by atoms with Crippen molar-refractivity contribution in [1.29, 1.82) is 0 Å². The van der Waals surface area contributed by atoms with Gasteiger partial charge in [0.1, 0.15) is 0 Å². The molecule has 2 aliphatic carbocycles. The van der Waals surface area contributed by atoms with Crippen LogP contribution in [0.1, 0.15) is 27.2 Å². The molecule has 0 aromatic carbocycles. The van der Waals surface area contributed by atoms with Gasteiger partial charge in [0.15, 0.2) is 0 Å². The zero-order valence-corrected chi connectivity index (χ0v) is 8.73. The first-order valence-electron chi connectivity index (χ1n) is 4.93. The summed E-state index contributed by atoms with van der Waals surface area (Å²) >= 11 is 0. The fraction of sp³-hybridized carbons (Fsp3) is 0.800. The van der Waals surface area contributed by atoms with Crippen molar-refractivity contribution in [2.24, 2.45) is 33.5 Å². The monoisotopic (exact) mass is 196 g/mol. The number of fused-ring (bicyclic) bond motifs is 1. The van der Waals surface area contributed by atoms with E-state index in [1.807, 2.05) is 0 Å². The van der Waals surface area contributed by atoms with Crippen molar-refractivity contribution >= 4 is 11.4 Å². The Labute approximate surface area is 83.3 Å². The zero-order chi connectivity index (χ0) is 10.5. The Balaban J connectivity index is 2.28. The molecule has 0 radical (unpaired) electrons. The lowest BCUT2D eigenvalue weighted by Crippen LogP contribution is -2.24. The Bertz CT molecular complexity index is 320. The van der Waals surface area contributed by atoms with E-state index in [4.69, 9.17) is 10.4 Å². The summed E-state index contributed by atoms with van der Waals surface area (Å²) < 4.78 is 0. The van der Waals surface area contributed by atoms with E-state index >= 15 is 0 Å². The quantitative estimate of drug-likeness (QED) is 0.382. The first-order valence-corrected chi connectivity index (χ1v) is 4.93. The van der Waals surface area contributed by atoms with Gasteiger partial charge in [-0.3, -0.25) is 0 Å². The standard InChI is InChI=1S/C10H16N2O2/c1-5(11-13)8-7(12-14)4-6-9(8)10(6,2)3/h6,8-9,13-14H,4H2,1-3H3/b11-5+,12-7+/t6-,8-,9+/m1/s1. The van der Waals surface area contributed by atoms with Crippen molar-refractivity contribution in [3.8, 4) is 0 Å². The van der Waals surface area contributed by atoms with Gasteiger partial charge in [-0.2, -0.15) is 0 Å². The summed E-state index contributed by atoms with van der Waals surface area (Å²) in [5.41, 5.74) is 1.75. The number of oxime groups is 2. The third-order valence-corrected chi connectivity index (χ3v) is 4.02. The van der Waals surface area contributed by atoms with Gasteiger partial charge in [-0.15, -0.1) is 0 Å². The van der Waals surface area contributed by atoms with Gasteiger partial charge in [0.05, 0.1) is 11.4 Å². The predicted molar refractivity (Wildman–Crippen MR) is 53.0 cm³/mol. The van der Waals surface area contributed by atoms with Crippen LogP contribution in [-0.2, 0) is 0 Å². The van der Waals surface area contributed by atoms with Gasteiger partial charge in [0.2, 0.25) is 0 Å². The highest BCUT2D eigenvalue weighted by molar-refractivity contribution is 6.09. The fourth-order valence-corrected chi connectivity index (χ4v) is 3.06. The normalized spacial score (nSPS) is 42.6. The minimum atomic E-state index is 0.0463. The number of rotatable bonds is 1. The highest BCUT2D eigenvalue weighted by Gasteiger charge is 2.67. The van der Waals surface area contributed by atoms with Gasteiger partial charge in [0, 0.05) is 5.92 Å². The van der Waals surface area contributed by atoms with Gasteiger partial charge in [-0.25, -0.2) is 0 Å². The van der Waals surface area contributed by atoms with Gasteiger partial charge >= 0.3 is 0 Å². The summed E-state index contributed by atoms with van der Waals surface area (Å²) in [6.45, 7) is 6.22. The molecule has 2 fully saturated rings. The lowest BCUT2D eigenvalue weighted by atomic mass is 9.88. The van der Waals surface area contributed by atoms with E-state index in [1.54, 1.807) is 6.92 Å². The van der Waals surface area contributed by atoms with Crippen LogP contribution < -0.4 is 0 Å². The van der Waals surface area contributed by atoms with Crippen molar-refractivity contribution < 1.29 is 10.4 Å². The topological polar surface area (TPSA) is 65.2 Å². The van der Waals surface area contributed by atoms with E-state index in [0.29, 0.717) is 23.0 Å². The minimum Gasteiger partial charge on any atom is -0.411 e. The lowest BCUT2D eigenvalue weighted by Gasteiger charge is -2.17. The summed E-state index contributed by atoms with van der Waals surface area (Å²) in [6, 6.07) is 0. The molecule has 4 heteroatoms. The lowest BCUT2D eigenvalue weighted by molar-refractivity contribution is 0.308. The molecule has 0 unspecified atom stereocenters. The third kappa shape index (κ3) is 0.996. The van der Waals surface area contributed by atoms with Crippen LogP contribution in [0.15, 0.2) is 10.3 Å². The summed E-state index contributed by atoms with van der Waals surface area (Å²) in [5.74, 6) is 1.13. The molecule has 2 saturated carbocycles. The van der Waals surface area contributed by atoms with Crippen molar-refractivity contribution in [2.75, 3.05) is 0 Å². The molecule has 0 spiro atoms. The van der Waals surface area contributed by atoms with Crippen LogP contribution in [0.2, 0.25) is 0 Å². The van der Waals surface area contributed by atoms with E-state index in [0.717, 1.165) is 12.1 Å². The number of hydrogen-bond acceptors (Lipinski definition) is 4. The van der Waals surface area contributed by atoms with Crippen LogP contribution in [0.4, 0.5) is 0 Å². The molecule has 0 aromatic rings. The van der Waals surface area contributed by atoms with Crippen LogP contribution in [0.3, 0.4) is 0 Å². The van der Waals surface area contributed by atoms with Gasteiger partial charge in [0.25, 0.3) is 0 Å². The van der Waals surface area contributed by atoms with Crippen LogP contribution >= 0.6 is 0 Å². The second-order valence-electron chi connectivity index (χ2n) is 4.97. The van der Waals surface area contributed by atoms with Crippen molar-refractivity contribution in [2.45, 2.75) is 27.2 Å². The molecule has 0 heterocycles. The van der Waals surface area contributed by atoms with E-state index < -0.39 is 0 Å². The average molecular weight is 196 g/mol. The molecule has 0 bridgehead atoms. The van der Waals surface area contributed by atoms with E-state index in [9.17, 15) is 0 Å². The SMILES string of the molecule is C/C(=N\O)[C@@H]1/C(=N/O)C[C@@H]2[C@@H]1C2(C)C. The molecule has 14 heavy (non-hydrogen) atoms. The first-order chi connectivity index (χ1) is 6.54. The maximum atomic E-state index is 8.84. The maximum absolute atomic E-state index is 8.84. The molecule has 2 rings (SSSR count). The highest BCUT2D eigenvalue weighted by Crippen LogP contribution is 2.68. The zero-order valence-electron chi connectivity index (χ0n) is 8.73. The Kier molecular flexibility index (Phi) is 1.84. The Morgan fingerprint density at radius 2 is 2.07 bits per heavy atom. The third-order valence-electron chi connectivity index (χ3n) is 4.02. The smallest absolute Gasteiger partial charge is 0.0665 e. The van der Waals surface area contributed by atoms with E-state index in [2.05, 4.69) is 24.2 Å². The molecule has 78 valence electrons. The minimum absolute atomic E-state index is 0.0463. The number of nitrogens with zero attached hydrogens (tertiary/aromatic N) is 2. The highest BCUT2D eigenvalue weighted by atomic mass is 16.4. The van der Waals surface area contributed by atoms with E-state index in [1.165, 1.54) is 0 Å². The fourth-order valence-electron chi connectivity index (χ4n) is 3.06. The molecular weight excluding hydrogens is 180 g/mol. The molecule has 2 aliphatic rings. The first kappa shape index (κ1) is 9.49. The molecular formula is C10H16N2O2. The van der Waals surface area contributed by atoms with Crippen molar-refractivity contribution in [3.05, 3.63) is 0 Å².